The molecule has 7 heteroatoms. The Morgan fingerprint density at radius 2 is 2.30 bits per heavy atom. The Balaban J connectivity index is 1.91. The Morgan fingerprint density at radius 1 is 1.50 bits per heavy atom. The topological polar surface area (TPSA) is 71.0 Å². The van der Waals surface area contributed by atoms with Crippen LogP contribution in [-0.4, -0.2) is 32.1 Å². The fourth-order valence-electron chi connectivity index (χ4n) is 2.41. The van der Waals surface area contributed by atoms with Crippen molar-refractivity contribution in [1.82, 2.24) is 19.7 Å². The van der Waals surface area contributed by atoms with E-state index in [9.17, 15) is 9.59 Å². The fraction of sp³-hybridized carbons (Fsp3) is 0.308. The summed E-state index contributed by atoms with van der Waals surface area (Å²) in [5, 5.41) is 4.16. The number of aryl methyl sites for hydroxylation is 1. The minimum atomic E-state index is -0.161. The number of halogens is 1. The molecule has 6 nitrogen and oxygen atoms in total. The molecular weight excluding hydrogens is 324 g/mol. The summed E-state index contributed by atoms with van der Waals surface area (Å²) in [6, 6.07) is 1.90. The Bertz CT molecular complexity index is 734. The van der Waals surface area contributed by atoms with E-state index < -0.39 is 0 Å². The number of nitrogens with one attached hydrogen (secondary N) is 1. The van der Waals surface area contributed by atoms with Crippen LogP contribution in [0.2, 0.25) is 0 Å². The third-order valence-corrected chi connectivity index (χ3v) is 4.01. The largest absolute Gasteiger partial charge is 0.332 e. The van der Waals surface area contributed by atoms with E-state index in [-0.39, 0.29) is 11.5 Å². The smallest absolute Gasteiger partial charge is 0.275 e. The van der Waals surface area contributed by atoms with Crippen LogP contribution in [0.4, 0.5) is 0 Å². The van der Waals surface area contributed by atoms with E-state index in [1.165, 1.54) is 0 Å². The number of carbonyl (C=O) groups is 1. The van der Waals surface area contributed by atoms with E-state index >= 15 is 0 Å². The predicted molar refractivity (Wildman–Crippen MR) is 76.4 cm³/mol. The van der Waals surface area contributed by atoms with Gasteiger partial charge in [-0.2, -0.15) is 5.10 Å². The van der Waals surface area contributed by atoms with Crippen molar-refractivity contribution < 1.29 is 4.79 Å². The van der Waals surface area contributed by atoms with Gasteiger partial charge >= 0.3 is 0 Å². The van der Waals surface area contributed by atoms with E-state index in [1.54, 1.807) is 29.0 Å². The average molecular weight is 337 g/mol. The molecule has 1 aliphatic rings. The van der Waals surface area contributed by atoms with Gasteiger partial charge in [-0.15, -0.1) is 0 Å². The normalized spacial score (nSPS) is 14.2. The molecule has 2 aromatic heterocycles. The maximum Gasteiger partial charge on any atom is 0.275 e. The Morgan fingerprint density at radius 3 is 3.00 bits per heavy atom. The van der Waals surface area contributed by atoms with Gasteiger partial charge in [0.25, 0.3) is 11.5 Å². The third-order valence-electron chi connectivity index (χ3n) is 3.43. The lowest BCUT2D eigenvalue weighted by molar-refractivity contribution is 0.0726. The van der Waals surface area contributed by atoms with Gasteiger partial charge in [0.1, 0.15) is 0 Å². The van der Waals surface area contributed by atoms with Gasteiger partial charge in [-0.3, -0.25) is 14.3 Å². The molecule has 0 atom stereocenters. The second-order valence-corrected chi connectivity index (χ2v) is 5.64. The zero-order valence-electron chi connectivity index (χ0n) is 10.9. The summed E-state index contributed by atoms with van der Waals surface area (Å²) >= 11 is 3.33. The first-order valence-electron chi connectivity index (χ1n) is 6.24. The molecule has 2 aromatic rings. The number of aromatic nitrogens is 3. The van der Waals surface area contributed by atoms with Crippen LogP contribution in [0.5, 0.6) is 0 Å². The summed E-state index contributed by atoms with van der Waals surface area (Å²) in [5.74, 6) is -0.161. The van der Waals surface area contributed by atoms with Gasteiger partial charge in [0.15, 0.2) is 5.69 Å². The van der Waals surface area contributed by atoms with Crippen LogP contribution < -0.4 is 5.56 Å². The summed E-state index contributed by atoms with van der Waals surface area (Å²) < 4.78 is 2.25. The minimum Gasteiger partial charge on any atom is -0.332 e. The highest BCUT2D eigenvalue weighted by Gasteiger charge is 2.26. The number of aromatic amines is 1. The number of hydrogen-bond acceptors (Lipinski definition) is 3. The minimum absolute atomic E-state index is 0.125. The number of carbonyl (C=O) groups excluding carboxylic acids is 1. The van der Waals surface area contributed by atoms with Crippen LogP contribution in [-0.2, 0) is 20.0 Å². The first kappa shape index (κ1) is 13.1. The van der Waals surface area contributed by atoms with E-state index in [0.29, 0.717) is 35.2 Å². The number of pyridine rings is 1. The molecule has 1 aliphatic heterocycles. The van der Waals surface area contributed by atoms with Crippen molar-refractivity contribution in [3.63, 3.8) is 0 Å². The summed E-state index contributed by atoms with van der Waals surface area (Å²) in [7, 11) is 1.76. The molecule has 0 saturated heterocycles. The highest BCUT2D eigenvalue weighted by atomic mass is 79.9. The van der Waals surface area contributed by atoms with Gasteiger partial charge in [0, 0.05) is 31.5 Å². The summed E-state index contributed by atoms with van der Waals surface area (Å²) in [6.45, 7) is 0.922. The van der Waals surface area contributed by atoms with Crippen LogP contribution in [0.25, 0.3) is 0 Å². The predicted octanol–water partition coefficient (Wildman–Crippen LogP) is 1.07. The highest BCUT2D eigenvalue weighted by molar-refractivity contribution is 9.10. The molecule has 0 aromatic carbocycles. The number of nitrogens with zero attached hydrogens (tertiary/aromatic N) is 3. The lowest BCUT2D eigenvalue weighted by atomic mass is 10.0. The molecule has 1 amide bonds. The van der Waals surface area contributed by atoms with Gasteiger partial charge in [-0.05, 0) is 34.0 Å². The molecule has 0 unspecified atom stereocenters. The molecule has 3 rings (SSSR count). The molecule has 0 spiro atoms. The van der Waals surface area contributed by atoms with Gasteiger partial charge in [-0.25, -0.2) is 0 Å². The molecule has 0 radical (unpaired) electrons. The molecule has 0 saturated carbocycles. The SMILES string of the molecule is Cn1cc(Br)c(C(=O)N2CCc3cc[nH]c(=O)c3C2)n1. The zero-order chi connectivity index (χ0) is 14.3. The fourth-order valence-corrected chi connectivity index (χ4v) is 2.96. The first-order valence-corrected chi connectivity index (χ1v) is 7.03. The second-order valence-electron chi connectivity index (χ2n) is 4.79. The van der Waals surface area contributed by atoms with Crippen LogP contribution >= 0.6 is 15.9 Å². The summed E-state index contributed by atoms with van der Waals surface area (Å²) in [4.78, 5) is 28.6. The lowest BCUT2D eigenvalue weighted by Gasteiger charge is -2.27. The van der Waals surface area contributed by atoms with Crippen molar-refractivity contribution in [3.8, 4) is 0 Å². The van der Waals surface area contributed by atoms with Crippen LogP contribution in [0.3, 0.4) is 0 Å². The van der Waals surface area contributed by atoms with Gasteiger partial charge in [0.05, 0.1) is 11.0 Å². The molecule has 3 heterocycles. The monoisotopic (exact) mass is 336 g/mol. The molecule has 0 fully saturated rings. The molecule has 20 heavy (non-hydrogen) atoms. The number of fused-ring (bicyclic) bond motifs is 1. The van der Waals surface area contributed by atoms with E-state index in [1.807, 2.05) is 6.07 Å². The summed E-state index contributed by atoms with van der Waals surface area (Å²) in [5.41, 5.74) is 1.93. The number of amides is 1. The maximum atomic E-state index is 12.5. The highest BCUT2D eigenvalue weighted by Crippen LogP contribution is 2.20. The molecule has 104 valence electrons. The van der Waals surface area contributed by atoms with E-state index in [0.717, 1.165) is 5.56 Å². The number of rotatable bonds is 1. The third kappa shape index (κ3) is 2.18. The first-order chi connectivity index (χ1) is 9.56. The summed E-state index contributed by atoms with van der Waals surface area (Å²) in [6.07, 6.45) is 4.07. The molecular formula is C13H13BrN4O2. The van der Waals surface area contributed by atoms with Crippen molar-refractivity contribution in [2.45, 2.75) is 13.0 Å². The number of H-pyrrole nitrogens is 1. The Labute approximate surface area is 123 Å². The number of hydrogen-bond donors (Lipinski definition) is 1. The average Bonchev–Trinajstić information content (AvgIpc) is 2.77. The van der Waals surface area contributed by atoms with Crippen molar-refractivity contribution in [3.05, 3.63) is 50.1 Å². The van der Waals surface area contributed by atoms with E-state index in [2.05, 4.69) is 26.0 Å². The second kappa shape index (κ2) is 4.90. The Hall–Kier alpha value is -1.89. The van der Waals surface area contributed by atoms with Crippen molar-refractivity contribution in [2.75, 3.05) is 6.54 Å². The molecule has 1 N–H and O–H groups in total. The van der Waals surface area contributed by atoms with Crippen molar-refractivity contribution in [1.29, 1.82) is 0 Å². The quantitative estimate of drug-likeness (QED) is 0.846. The standard InChI is InChI=1S/C13H13BrN4O2/c1-17-7-10(14)11(16-17)13(20)18-5-3-8-2-4-15-12(19)9(8)6-18/h2,4,7H,3,5-6H2,1H3,(H,15,19). The lowest BCUT2D eigenvalue weighted by Crippen LogP contribution is -2.39. The molecule has 0 bridgehead atoms. The van der Waals surface area contributed by atoms with Gasteiger partial charge in [-0.1, -0.05) is 0 Å². The zero-order valence-corrected chi connectivity index (χ0v) is 12.5. The van der Waals surface area contributed by atoms with Gasteiger partial charge < -0.3 is 9.88 Å². The Kier molecular flexibility index (Phi) is 3.21. The van der Waals surface area contributed by atoms with Crippen LogP contribution in [0, 0.1) is 0 Å². The maximum absolute atomic E-state index is 12.5. The van der Waals surface area contributed by atoms with Gasteiger partial charge in [0.2, 0.25) is 0 Å². The van der Waals surface area contributed by atoms with Crippen molar-refractivity contribution >= 4 is 21.8 Å². The van der Waals surface area contributed by atoms with Crippen molar-refractivity contribution in [2.24, 2.45) is 7.05 Å². The van der Waals surface area contributed by atoms with Crippen LogP contribution in [0.1, 0.15) is 21.6 Å². The molecule has 0 aliphatic carbocycles. The van der Waals surface area contributed by atoms with E-state index in [4.69, 9.17) is 0 Å². The van der Waals surface area contributed by atoms with Crippen LogP contribution in [0.15, 0.2) is 27.7 Å².